The van der Waals surface area contributed by atoms with Gasteiger partial charge in [-0.3, -0.25) is 4.90 Å². The van der Waals surface area contributed by atoms with Crippen LogP contribution >= 0.6 is 36.2 Å². The van der Waals surface area contributed by atoms with Crippen molar-refractivity contribution in [3.8, 4) is 0 Å². The number of rotatable bonds is 4. The predicted molar refractivity (Wildman–Crippen MR) is 94.0 cm³/mol. The van der Waals surface area contributed by atoms with Crippen molar-refractivity contribution in [3.63, 3.8) is 0 Å². The minimum Gasteiger partial charge on any atom is -0.314 e. The van der Waals surface area contributed by atoms with E-state index in [0.717, 1.165) is 49.0 Å². The van der Waals surface area contributed by atoms with E-state index in [1.165, 1.54) is 6.07 Å². The van der Waals surface area contributed by atoms with E-state index in [9.17, 15) is 4.39 Å². The van der Waals surface area contributed by atoms with Crippen molar-refractivity contribution in [2.24, 2.45) is 0 Å². The molecule has 1 fully saturated rings. The number of hydrogen-bond donors (Lipinski definition) is 1. The van der Waals surface area contributed by atoms with Gasteiger partial charge in [0.05, 0.1) is 10.7 Å². The molecule has 22 heavy (non-hydrogen) atoms. The predicted octanol–water partition coefficient (Wildman–Crippen LogP) is 3.12. The van der Waals surface area contributed by atoms with Crippen LogP contribution in [0.3, 0.4) is 0 Å². The van der Waals surface area contributed by atoms with Crippen molar-refractivity contribution in [3.05, 3.63) is 51.7 Å². The maximum Gasteiger partial charge on any atom is 0.126 e. The van der Waals surface area contributed by atoms with Crippen molar-refractivity contribution >= 4 is 36.2 Å². The van der Waals surface area contributed by atoms with E-state index in [1.54, 1.807) is 17.4 Å². The summed E-state index contributed by atoms with van der Waals surface area (Å²) in [6.45, 7) is 5.13. The van der Waals surface area contributed by atoms with Gasteiger partial charge in [0.1, 0.15) is 5.82 Å². The lowest BCUT2D eigenvalue weighted by molar-refractivity contribution is 0.231. The molecule has 1 aliphatic heterocycles. The second-order valence-electron chi connectivity index (χ2n) is 5.03. The summed E-state index contributed by atoms with van der Waals surface area (Å²) >= 11 is 1.62. The molecule has 0 saturated carbocycles. The fourth-order valence-corrected chi connectivity index (χ4v) is 3.21. The molecule has 2 aromatic rings. The van der Waals surface area contributed by atoms with Gasteiger partial charge in [0.15, 0.2) is 0 Å². The number of piperazine rings is 1. The molecule has 1 saturated heterocycles. The Morgan fingerprint density at radius 2 is 1.91 bits per heavy atom. The van der Waals surface area contributed by atoms with Gasteiger partial charge in [0.2, 0.25) is 0 Å². The van der Waals surface area contributed by atoms with E-state index < -0.39 is 0 Å². The highest BCUT2D eigenvalue weighted by molar-refractivity contribution is 7.09. The molecule has 2 heterocycles. The van der Waals surface area contributed by atoms with Gasteiger partial charge in [0.25, 0.3) is 0 Å². The maximum atomic E-state index is 13.6. The van der Waals surface area contributed by atoms with Gasteiger partial charge < -0.3 is 5.32 Å². The first-order valence-corrected chi connectivity index (χ1v) is 7.79. The monoisotopic (exact) mass is 363 g/mol. The number of aromatic nitrogens is 1. The molecule has 1 N–H and O–H groups in total. The third-order valence-electron chi connectivity index (χ3n) is 3.49. The zero-order valence-corrected chi connectivity index (χ0v) is 14.6. The van der Waals surface area contributed by atoms with Crippen molar-refractivity contribution in [2.45, 2.75) is 13.0 Å². The zero-order chi connectivity index (χ0) is 13.8. The number of hydrogen-bond acceptors (Lipinski definition) is 4. The minimum atomic E-state index is -0.147. The van der Waals surface area contributed by atoms with Gasteiger partial charge in [0, 0.05) is 44.5 Å². The second-order valence-corrected chi connectivity index (χ2v) is 5.97. The molecule has 3 rings (SSSR count). The van der Waals surface area contributed by atoms with E-state index in [1.807, 2.05) is 12.1 Å². The van der Waals surface area contributed by atoms with Crippen LogP contribution in [0, 0.1) is 5.82 Å². The zero-order valence-electron chi connectivity index (χ0n) is 12.1. The molecule has 0 radical (unpaired) electrons. The first-order chi connectivity index (χ1) is 9.81. The van der Waals surface area contributed by atoms with Crippen LogP contribution in [0.15, 0.2) is 29.6 Å². The molecule has 0 aliphatic carbocycles. The van der Waals surface area contributed by atoms with Crippen LogP contribution in [-0.2, 0) is 13.0 Å². The molecule has 122 valence electrons. The summed E-state index contributed by atoms with van der Waals surface area (Å²) in [5.74, 6) is -0.147. The van der Waals surface area contributed by atoms with Crippen LogP contribution in [0.25, 0.3) is 0 Å². The highest BCUT2D eigenvalue weighted by atomic mass is 35.5. The quantitative estimate of drug-likeness (QED) is 0.904. The Hall–Kier alpha value is -0.720. The molecule has 0 bridgehead atoms. The van der Waals surface area contributed by atoms with E-state index in [-0.39, 0.29) is 30.6 Å². The van der Waals surface area contributed by atoms with Crippen LogP contribution in [0.5, 0.6) is 0 Å². The average Bonchev–Trinajstić information content (AvgIpc) is 2.90. The lowest BCUT2D eigenvalue weighted by Crippen LogP contribution is -2.42. The third kappa shape index (κ3) is 5.18. The number of thiazole rings is 1. The molecule has 7 heteroatoms. The first-order valence-electron chi connectivity index (χ1n) is 6.91. The van der Waals surface area contributed by atoms with Gasteiger partial charge in [-0.1, -0.05) is 18.2 Å². The van der Waals surface area contributed by atoms with E-state index in [0.29, 0.717) is 6.42 Å². The minimum absolute atomic E-state index is 0. The fourth-order valence-electron chi connectivity index (χ4n) is 2.41. The molecule has 0 unspecified atom stereocenters. The first kappa shape index (κ1) is 19.3. The summed E-state index contributed by atoms with van der Waals surface area (Å²) in [6, 6.07) is 6.92. The number of nitrogens with one attached hydrogen (secondary N) is 1. The lowest BCUT2D eigenvalue weighted by Gasteiger charge is -2.26. The maximum absolute atomic E-state index is 13.6. The fraction of sp³-hybridized carbons (Fsp3) is 0.400. The van der Waals surface area contributed by atoms with E-state index in [2.05, 4.69) is 20.6 Å². The molecule has 0 atom stereocenters. The van der Waals surface area contributed by atoms with Gasteiger partial charge in [-0.25, -0.2) is 9.37 Å². The number of benzene rings is 1. The van der Waals surface area contributed by atoms with Gasteiger partial charge >= 0.3 is 0 Å². The third-order valence-corrected chi connectivity index (χ3v) is 4.39. The highest BCUT2D eigenvalue weighted by Crippen LogP contribution is 2.18. The molecule has 0 spiro atoms. The van der Waals surface area contributed by atoms with Crippen LogP contribution in [-0.4, -0.2) is 36.1 Å². The summed E-state index contributed by atoms with van der Waals surface area (Å²) in [7, 11) is 0. The van der Waals surface area contributed by atoms with Gasteiger partial charge in [-0.2, -0.15) is 0 Å². The lowest BCUT2D eigenvalue weighted by atomic mass is 10.1. The van der Waals surface area contributed by atoms with Crippen LogP contribution in [0.4, 0.5) is 4.39 Å². The standard InChI is InChI=1S/C15H18FN3S.2ClH/c16-14-4-2-1-3-12(14)9-15-18-13(11-20-15)10-19-7-5-17-6-8-19;;/h1-4,11,17H,5-10H2;2*1H. The molecule has 1 aromatic heterocycles. The van der Waals surface area contributed by atoms with E-state index >= 15 is 0 Å². The molecular formula is C15H20Cl2FN3S. The Balaban J connectivity index is 0.00000121. The van der Waals surface area contributed by atoms with Gasteiger partial charge in [-0.15, -0.1) is 36.2 Å². The topological polar surface area (TPSA) is 28.2 Å². The smallest absolute Gasteiger partial charge is 0.126 e. The Bertz CT molecular complexity index is 573. The number of halogens is 3. The Morgan fingerprint density at radius 1 is 1.18 bits per heavy atom. The molecular weight excluding hydrogens is 344 g/mol. The summed E-state index contributed by atoms with van der Waals surface area (Å²) in [4.78, 5) is 7.03. The largest absolute Gasteiger partial charge is 0.314 e. The average molecular weight is 364 g/mol. The van der Waals surface area contributed by atoms with Gasteiger partial charge in [-0.05, 0) is 11.6 Å². The summed E-state index contributed by atoms with van der Waals surface area (Å²) < 4.78 is 13.6. The highest BCUT2D eigenvalue weighted by Gasteiger charge is 2.12. The van der Waals surface area contributed by atoms with Crippen LogP contribution < -0.4 is 5.32 Å². The summed E-state index contributed by atoms with van der Waals surface area (Å²) in [5, 5.41) is 6.43. The second kappa shape index (κ2) is 9.43. The SMILES string of the molecule is Cl.Cl.Fc1ccccc1Cc1nc(CN2CCNCC2)cs1. The van der Waals surface area contributed by atoms with Crippen molar-refractivity contribution in [1.29, 1.82) is 0 Å². The molecule has 0 amide bonds. The van der Waals surface area contributed by atoms with E-state index in [4.69, 9.17) is 0 Å². The Morgan fingerprint density at radius 3 is 2.64 bits per heavy atom. The van der Waals surface area contributed by atoms with Crippen molar-refractivity contribution < 1.29 is 4.39 Å². The Labute approximate surface area is 146 Å². The van der Waals surface area contributed by atoms with Crippen LogP contribution in [0.2, 0.25) is 0 Å². The summed E-state index contributed by atoms with van der Waals surface area (Å²) in [5.41, 5.74) is 1.82. The molecule has 3 nitrogen and oxygen atoms in total. The number of nitrogens with zero attached hydrogens (tertiary/aromatic N) is 2. The normalized spacial score (nSPS) is 15.0. The van der Waals surface area contributed by atoms with Crippen molar-refractivity contribution in [2.75, 3.05) is 26.2 Å². The van der Waals surface area contributed by atoms with Crippen molar-refractivity contribution in [1.82, 2.24) is 15.2 Å². The van der Waals surface area contributed by atoms with Crippen LogP contribution in [0.1, 0.15) is 16.3 Å². The molecule has 1 aliphatic rings. The Kier molecular flexibility index (Phi) is 8.28. The summed E-state index contributed by atoms with van der Waals surface area (Å²) in [6.07, 6.45) is 0.582. The molecule has 1 aromatic carbocycles.